The molecule has 0 aromatic heterocycles. The first-order valence-electron chi connectivity index (χ1n) is 4.61. The van der Waals surface area contributed by atoms with Crippen molar-refractivity contribution in [2.24, 2.45) is 5.92 Å². The zero-order chi connectivity index (χ0) is 9.40. The minimum absolute atomic E-state index is 0.445. The van der Waals surface area contributed by atoms with E-state index in [0.29, 0.717) is 5.92 Å². The van der Waals surface area contributed by atoms with Crippen molar-refractivity contribution in [1.29, 1.82) is 0 Å². The molecule has 70 valence electrons. The molecule has 0 radical (unpaired) electrons. The van der Waals surface area contributed by atoms with Gasteiger partial charge in [-0.3, -0.25) is 0 Å². The maximum atomic E-state index is 10.2. The Bertz CT molecular complexity index is 150. The highest BCUT2D eigenvalue weighted by molar-refractivity contribution is 5.79. The van der Waals surface area contributed by atoms with Gasteiger partial charge in [-0.15, -0.1) is 0 Å². The summed E-state index contributed by atoms with van der Waals surface area (Å²) in [5.41, 5.74) is 0. The second-order valence-corrected chi connectivity index (χ2v) is 3.01. The molecule has 0 aromatic rings. The van der Waals surface area contributed by atoms with Gasteiger partial charge in [-0.1, -0.05) is 32.8 Å². The summed E-state index contributed by atoms with van der Waals surface area (Å²) in [5, 5.41) is 8.40. The smallest absolute Gasteiger partial charge is 0.327 e. The molecule has 0 heterocycles. The fourth-order valence-electron chi connectivity index (χ4n) is 1.12. The first-order valence-corrected chi connectivity index (χ1v) is 4.61. The highest BCUT2D eigenvalue weighted by Crippen LogP contribution is 2.13. The number of rotatable bonds is 6. The van der Waals surface area contributed by atoms with Crippen molar-refractivity contribution >= 4 is 5.97 Å². The molecule has 0 bridgehead atoms. The summed E-state index contributed by atoms with van der Waals surface area (Å²) >= 11 is 0. The van der Waals surface area contributed by atoms with Crippen LogP contribution in [0.1, 0.15) is 39.5 Å². The number of hydrogen-bond donors (Lipinski definition) is 1. The molecule has 0 fully saturated rings. The summed E-state index contributed by atoms with van der Waals surface area (Å²) in [5.74, 6) is -0.397. The summed E-state index contributed by atoms with van der Waals surface area (Å²) in [6, 6.07) is 0. The minimum Gasteiger partial charge on any atom is -0.478 e. The number of carboxylic acid groups (broad SMARTS) is 1. The van der Waals surface area contributed by atoms with Gasteiger partial charge in [0.05, 0.1) is 0 Å². The van der Waals surface area contributed by atoms with Gasteiger partial charge in [-0.2, -0.15) is 0 Å². The second kappa shape index (κ2) is 6.89. The fourth-order valence-corrected chi connectivity index (χ4v) is 1.12. The Labute approximate surface area is 74.3 Å². The molecule has 2 nitrogen and oxygen atoms in total. The minimum atomic E-state index is -0.843. The molecule has 1 atom stereocenters. The third kappa shape index (κ3) is 5.96. The average molecular weight is 170 g/mol. The van der Waals surface area contributed by atoms with Gasteiger partial charge < -0.3 is 5.11 Å². The molecule has 0 spiro atoms. The lowest BCUT2D eigenvalue weighted by Crippen LogP contribution is -1.96. The van der Waals surface area contributed by atoms with E-state index in [2.05, 4.69) is 13.8 Å². The number of allylic oxidation sites excluding steroid dienone is 1. The monoisotopic (exact) mass is 170 g/mol. The van der Waals surface area contributed by atoms with E-state index < -0.39 is 5.97 Å². The second-order valence-electron chi connectivity index (χ2n) is 3.01. The molecule has 12 heavy (non-hydrogen) atoms. The largest absolute Gasteiger partial charge is 0.478 e. The standard InChI is InChI=1S/C10H18O2/c1-3-5-6-9(4-2)7-8-10(11)12/h7-9H,3-6H2,1-2H3,(H,11,12)/b8-7-/t9-/m0/s1. The Morgan fingerprint density at radius 3 is 2.58 bits per heavy atom. The van der Waals surface area contributed by atoms with Crippen molar-refractivity contribution in [2.45, 2.75) is 39.5 Å². The van der Waals surface area contributed by atoms with Gasteiger partial charge in [0.25, 0.3) is 0 Å². The van der Waals surface area contributed by atoms with Crippen LogP contribution in [0.3, 0.4) is 0 Å². The van der Waals surface area contributed by atoms with E-state index in [1.165, 1.54) is 18.9 Å². The predicted molar refractivity (Wildman–Crippen MR) is 50.1 cm³/mol. The zero-order valence-corrected chi connectivity index (χ0v) is 7.92. The molecular formula is C10H18O2. The SMILES string of the molecule is CCCC[C@@H](/C=C\C(=O)O)CC. The van der Waals surface area contributed by atoms with Crippen molar-refractivity contribution in [3.8, 4) is 0 Å². The van der Waals surface area contributed by atoms with Gasteiger partial charge in [-0.25, -0.2) is 4.79 Å². The van der Waals surface area contributed by atoms with Crippen LogP contribution in [0.15, 0.2) is 12.2 Å². The predicted octanol–water partition coefficient (Wildman–Crippen LogP) is 2.84. The van der Waals surface area contributed by atoms with E-state index in [4.69, 9.17) is 5.11 Å². The molecule has 0 saturated carbocycles. The summed E-state index contributed by atoms with van der Waals surface area (Å²) in [4.78, 5) is 10.2. The van der Waals surface area contributed by atoms with Crippen molar-refractivity contribution in [3.63, 3.8) is 0 Å². The molecule has 0 aliphatic carbocycles. The number of hydrogen-bond acceptors (Lipinski definition) is 1. The first-order chi connectivity index (χ1) is 5.70. The van der Waals surface area contributed by atoms with Gasteiger partial charge >= 0.3 is 5.97 Å². The van der Waals surface area contributed by atoms with Gasteiger partial charge in [0, 0.05) is 6.08 Å². The molecule has 0 aliphatic heterocycles. The normalized spacial score (nSPS) is 13.5. The summed E-state index contributed by atoms with van der Waals surface area (Å²) in [6.07, 6.45) is 7.56. The Balaban J connectivity index is 3.73. The van der Waals surface area contributed by atoms with Crippen molar-refractivity contribution in [3.05, 3.63) is 12.2 Å². The molecule has 0 aliphatic rings. The van der Waals surface area contributed by atoms with Crippen LogP contribution < -0.4 is 0 Å². The van der Waals surface area contributed by atoms with E-state index in [-0.39, 0.29) is 0 Å². The van der Waals surface area contributed by atoms with Crippen LogP contribution in [0.25, 0.3) is 0 Å². The van der Waals surface area contributed by atoms with Crippen LogP contribution in [0.4, 0.5) is 0 Å². The van der Waals surface area contributed by atoms with Gasteiger partial charge in [-0.05, 0) is 18.8 Å². The number of carbonyl (C=O) groups is 1. The molecule has 0 aromatic carbocycles. The van der Waals surface area contributed by atoms with E-state index >= 15 is 0 Å². The van der Waals surface area contributed by atoms with Crippen LogP contribution in [-0.2, 0) is 4.79 Å². The summed E-state index contributed by atoms with van der Waals surface area (Å²) in [7, 11) is 0. The molecule has 0 amide bonds. The fraction of sp³-hybridized carbons (Fsp3) is 0.700. The maximum Gasteiger partial charge on any atom is 0.327 e. The quantitative estimate of drug-likeness (QED) is 0.622. The summed E-state index contributed by atoms with van der Waals surface area (Å²) < 4.78 is 0. The number of aliphatic carboxylic acids is 1. The Morgan fingerprint density at radius 1 is 1.50 bits per heavy atom. The maximum absolute atomic E-state index is 10.2. The first kappa shape index (κ1) is 11.2. The van der Waals surface area contributed by atoms with Crippen molar-refractivity contribution in [1.82, 2.24) is 0 Å². The Hall–Kier alpha value is -0.790. The number of unbranched alkanes of at least 4 members (excludes halogenated alkanes) is 1. The lowest BCUT2D eigenvalue weighted by molar-refractivity contribution is -0.131. The molecule has 0 rings (SSSR count). The lowest BCUT2D eigenvalue weighted by Gasteiger charge is -2.07. The van der Waals surface area contributed by atoms with Crippen molar-refractivity contribution in [2.75, 3.05) is 0 Å². The molecule has 0 unspecified atom stereocenters. The summed E-state index contributed by atoms with van der Waals surface area (Å²) in [6.45, 7) is 4.24. The molecule has 2 heteroatoms. The van der Waals surface area contributed by atoms with E-state index in [1.54, 1.807) is 6.08 Å². The Morgan fingerprint density at radius 2 is 2.17 bits per heavy atom. The lowest BCUT2D eigenvalue weighted by atomic mass is 9.99. The molecular weight excluding hydrogens is 152 g/mol. The van der Waals surface area contributed by atoms with E-state index in [0.717, 1.165) is 12.8 Å². The van der Waals surface area contributed by atoms with Crippen molar-refractivity contribution < 1.29 is 9.90 Å². The van der Waals surface area contributed by atoms with Crippen LogP contribution in [0.2, 0.25) is 0 Å². The third-order valence-corrected chi connectivity index (χ3v) is 1.96. The highest BCUT2D eigenvalue weighted by Gasteiger charge is 2.00. The third-order valence-electron chi connectivity index (χ3n) is 1.96. The van der Waals surface area contributed by atoms with Crippen LogP contribution >= 0.6 is 0 Å². The molecule has 1 N–H and O–H groups in total. The van der Waals surface area contributed by atoms with E-state index in [9.17, 15) is 4.79 Å². The molecule has 0 saturated heterocycles. The van der Waals surface area contributed by atoms with Crippen LogP contribution in [-0.4, -0.2) is 11.1 Å². The topological polar surface area (TPSA) is 37.3 Å². The van der Waals surface area contributed by atoms with Gasteiger partial charge in [0.2, 0.25) is 0 Å². The van der Waals surface area contributed by atoms with Gasteiger partial charge in [0.15, 0.2) is 0 Å². The number of carboxylic acids is 1. The Kier molecular flexibility index (Phi) is 6.44. The average Bonchev–Trinajstić information content (AvgIpc) is 2.05. The van der Waals surface area contributed by atoms with Crippen LogP contribution in [0, 0.1) is 5.92 Å². The zero-order valence-electron chi connectivity index (χ0n) is 7.92. The van der Waals surface area contributed by atoms with Crippen LogP contribution in [0.5, 0.6) is 0 Å². The van der Waals surface area contributed by atoms with E-state index in [1.807, 2.05) is 0 Å². The highest BCUT2D eigenvalue weighted by atomic mass is 16.4. The van der Waals surface area contributed by atoms with Gasteiger partial charge in [0.1, 0.15) is 0 Å².